The number of rotatable bonds is 5. The lowest BCUT2D eigenvalue weighted by Gasteiger charge is -2.38. The lowest BCUT2D eigenvalue weighted by atomic mass is 10.1. The third-order valence-corrected chi connectivity index (χ3v) is 4.20. The molecule has 0 bridgehead atoms. The lowest BCUT2D eigenvalue weighted by molar-refractivity contribution is 0.108. The van der Waals surface area contributed by atoms with E-state index in [0.29, 0.717) is 17.6 Å². The number of aliphatic hydroxyl groups is 1. The summed E-state index contributed by atoms with van der Waals surface area (Å²) in [7, 11) is 4.32. The van der Waals surface area contributed by atoms with Crippen molar-refractivity contribution in [1.29, 1.82) is 0 Å². The Bertz CT molecular complexity index is 412. The second kappa shape index (κ2) is 7.38. The molecule has 1 aliphatic rings. The van der Waals surface area contributed by atoms with Crippen molar-refractivity contribution in [3.63, 3.8) is 0 Å². The summed E-state index contributed by atoms with van der Waals surface area (Å²) in [6.45, 7) is 4.75. The van der Waals surface area contributed by atoms with Crippen LogP contribution in [0.2, 0.25) is 5.02 Å². The summed E-state index contributed by atoms with van der Waals surface area (Å²) in [4.78, 5) is 4.73. The predicted octanol–water partition coefficient (Wildman–Crippen LogP) is 1.21. The van der Waals surface area contributed by atoms with Gasteiger partial charge in [0.1, 0.15) is 0 Å². The van der Waals surface area contributed by atoms with Gasteiger partial charge in [0.25, 0.3) is 0 Å². The molecule has 1 saturated heterocycles. The molecule has 2 unspecified atom stereocenters. The Morgan fingerprint density at radius 1 is 1.30 bits per heavy atom. The molecule has 4 nitrogen and oxygen atoms in total. The van der Waals surface area contributed by atoms with Crippen LogP contribution < -0.4 is 5.32 Å². The van der Waals surface area contributed by atoms with Crippen LogP contribution in [0.25, 0.3) is 0 Å². The SMILES string of the molecule is CN1CCN(C)C(CNCC(O)c2ccc(Cl)cc2)C1. The number of likely N-dealkylation sites (N-methyl/N-ethyl adjacent to an activating group) is 2. The normalized spacial score (nSPS) is 22.9. The number of hydrogen-bond acceptors (Lipinski definition) is 4. The average Bonchev–Trinajstić information content (AvgIpc) is 2.43. The van der Waals surface area contributed by atoms with Gasteiger partial charge < -0.3 is 15.3 Å². The minimum absolute atomic E-state index is 0.487. The molecule has 2 atom stereocenters. The Kier molecular flexibility index (Phi) is 5.81. The van der Waals surface area contributed by atoms with Gasteiger partial charge in [-0.3, -0.25) is 4.90 Å². The summed E-state index contributed by atoms with van der Waals surface area (Å²) in [6, 6.07) is 7.87. The minimum Gasteiger partial charge on any atom is -0.387 e. The van der Waals surface area contributed by atoms with E-state index in [1.54, 1.807) is 0 Å². The van der Waals surface area contributed by atoms with Crippen LogP contribution in [0.4, 0.5) is 0 Å². The number of nitrogens with one attached hydrogen (secondary N) is 1. The van der Waals surface area contributed by atoms with Crippen LogP contribution >= 0.6 is 11.6 Å². The maximum absolute atomic E-state index is 10.1. The molecule has 0 aromatic heterocycles. The maximum atomic E-state index is 10.1. The van der Waals surface area contributed by atoms with Crippen LogP contribution in [-0.2, 0) is 0 Å². The molecule has 20 heavy (non-hydrogen) atoms. The van der Waals surface area contributed by atoms with Gasteiger partial charge >= 0.3 is 0 Å². The van der Waals surface area contributed by atoms with Gasteiger partial charge in [0.15, 0.2) is 0 Å². The van der Waals surface area contributed by atoms with Crippen LogP contribution in [0.5, 0.6) is 0 Å². The average molecular weight is 298 g/mol. The largest absolute Gasteiger partial charge is 0.387 e. The molecule has 112 valence electrons. The van der Waals surface area contributed by atoms with Gasteiger partial charge in [-0.2, -0.15) is 0 Å². The quantitative estimate of drug-likeness (QED) is 0.857. The second-order valence-electron chi connectivity index (χ2n) is 5.62. The van der Waals surface area contributed by atoms with E-state index in [-0.39, 0.29) is 0 Å². The Morgan fingerprint density at radius 3 is 2.70 bits per heavy atom. The van der Waals surface area contributed by atoms with Crippen molar-refractivity contribution >= 4 is 11.6 Å². The number of benzene rings is 1. The van der Waals surface area contributed by atoms with Crippen molar-refractivity contribution in [3.8, 4) is 0 Å². The molecule has 0 aliphatic carbocycles. The van der Waals surface area contributed by atoms with Crippen LogP contribution in [0, 0.1) is 0 Å². The van der Waals surface area contributed by atoms with E-state index in [1.165, 1.54) is 0 Å². The van der Waals surface area contributed by atoms with Crippen LogP contribution in [0.15, 0.2) is 24.3 Å². The molecular formula is C15H24ClN3O. The molecule has 1 fully saturated rings. The van der Waals surface area contributed by atoms with Crippen molar-refractivity contribution < 1.29 is 5.11 Å². The van der Waals surface area contributed by atoms with Crippen molar-refractivity contribution in [2.75, 3.05) is 46.8 Å². The maximum Gasteiger partial charge on any atom is 0.0914 e. The van der Waals surface area contributed by atoms with E-state index in [2.05, 4.69) is 29.2 Å². The summed E-state index contributed by atoms with van der Waals surface area (Å²) in [6.07, 6.45) is -0.487. The molecule has 1 aromatic carbocycles. The monoisotopic (exact) mass is 297 g/mol. The van der Waals surface area contributed by atoms with Crippen LogP contribution in [-0.4, -0.2) is 67.8 Å². The molecule has 5 heteroatoms. The third-order valence-electron chi connectivity index (χ3n) is 3.95. The fraction of sp³-hybridized carbons (Fsp3) is 0.600. The lowest BCUT2D eigenvalue weighted by Crippen LogP contribution is -2.54. The first-order valence-corrected chi connectivity index (χ1v) is 7.47. The highest BCUT2D eigenvalue weighted by atomic mass is 35.5. The number of halogens is 1. The molecule has 1 heterocycles. The van der Waals surface area contributed by atoms with E-state index >= 15 is 0 Å². The molecule has 0 spiro atoms. The zero-order chi connectivity index (χ0) is 14.5. The smallest absolute Gasteiger partial charge is 0.0914 e. The molecule has 1 aliphatic heterocycles. The highest BCUT2D eigenvalue weighted by Gasteiger charge is 2.21. The first kappa shape index (κ1) is 15.7. The topological polar surface area (TPSA) is 38.7 Å². The Morgan fingerprint density at radius 2 is 2.00 bits per heavy atom. The molecule has 2 rings (SSSR count). The first-order chi connectivity index (χ1) is 9.56. The van der Waals surface area contributed by atoms with E-state index in [4.69, 9.17) is 11.6 Å². The predicted molar refractivity (Wildman–Crippen MR) is 83.2 cm³/mol. The van der Waals surface area contributed by atoms with Crippen molar-refractivity contribution in [2.24, 2.45) is 0 Å². The summed E-state index contributed by atoms with van der Waals surface area (Å²) in [5.74, 6) is 0. The first-order valence-electron chi connectivity index (χ1n) is 7.09. The van der Waals surface area contributed by atoms with Crippen molar-refractivity contribution in [2.45, 2.75) is 12.1 Å². The minimum atomic E-state index is -0.487. The fourth-order valence-corrected chi connectivity index (χ4v) is 2.64. The number of piperazine rings is 1. The summed E-state index contributed by atoms with van der Waals surface area (Å²) in [5.41, 5.74) is 0.899. The highest BCUT2D eigenvalue weighted by Crippen LogP contribution is 2.15. The van der Waals surface area contributed by atoms with E-state index in [9.17, 15) is 5.11 Å². The standard InChI is InChI=1S/C15H24ClN3O/c1-18-7-8-19(2)14(11-18)9-17-10-15(20)12-3-5-13(16)6-4-12/h3-6,14-15,17,20H,7-11H2,1-2H3. The van der Waals surface area contributed by atoms with Gasteiger partial charge in [-0.15, -0.1) is 0 Å². The van der Waals surface area contributed by atoms with E-state index in [0.717, 1.165) is 31.7 Å². The summed E-state index contributed by atoms with van der Waals surface area (Å²) < 4.78 is 0. The Labute approximate surface area is 126 Å². The summed E-state index contributed by atoms with van der Waals surface area (Å²) >= 11 is 5.84. The van der Waals surface area contributed by atoms with Gasteiger partial charge in [0.05, 0.1) is 6.10 Å². The number of hydrogen-bond donors (Lipinski definition) is 2. The Balaban J connectivity index is 1.76. The van der Waals surface area contributed by atoms with Gasteiger partial charge in [0, 0.05) is 43.8 Å². The number of nitrogens with zero attached hydrogens (tertiary/aromatic N) is 2. The summed E-state index contributed by atoms with van der Waals surface area (Å²) in [5, 5.41) is 14.2. The van der Waals surface area contributed by atoms with Gasteiger partial charge in [-0.25, -0.2) is 0 Å². The number of aliphatic hydroxyl groups excluding tert-OH is 1. The highest BCUT2D eigenvalue weighted by molar-refractivity contribution is 6.30. The molecule has 0 saturated carbocycles. The molecule has 1 aromatic rings. The van der Waals surface area contributed by atoms with Crippen LogP contribution in [0.1, 0.15) is 11.7 Å². The van der Waals surface area contributed by atoms with Crippen molar-refractivity contribution in [1.82, 2.24) is 15.1 Å². The zero-order valence-electron chi connectivity index (χ0n) is 12.2. The molecule has 0 amide bonds. The molecular weight excluding hydrogens is 274 g/mol. The van der Waals surface area contributed by atoms with Gasteiger partial charge in [0.2, 0.25) is 0 Å². The third kappa shape index (κ3) is 4.43. The Hall–Kier alpha value is -0.650. The van der Waals surface area contributed by atoms with Gasteiger partial charge in [-0.05, 0) is 31.8 Å². The fourth-order valence-electron chi connectivity index (χ4n) is 2.51. The van der Waals surface area contributed by atoms with E-state index in [1.807, 2.05) is 24.3 Å². The molecule has 0 radical (unpaired) electrons. The van der Waals surface area contributed by atoms with Crippen LogP contribution in [0.3, 0.4) is 0 Å². The zero-order valence-corrected chi connectivity index (χ0v) is 13.0. The van der Waals surface area contributed by atoms with E-state index < -0.39 is 6.10 Å². The van der Waals surface area contributed by atoms with Gasteiger partial charge in [-0.1, -0.05) is 23.7 Å². The second-order valence-corrected chi connectivity index (χ2v) is 6.06. The molecule has 2 N–H and O–H groups in total. The van der Waals surface area contributed by atoms with Crippen molar-refractivity contribution in [3.05, 3.63) is 34.9 Å².